The molecule has 0 saturated carbocycles. The fourth-order valence-corrected chi connectivity index (χ4v) is 0.785. The largest absolute Gasteiger partial charge is 0.353 e. The molecule has 0 aromatic heterocycles. The molecule has 0 bridgehead atoms. The second kappa shape index (κ2) is 2.73. The quantitative estimate of drug-likeness (QED) is 0.560. The van der Waals surface area contributed by atoms with Gasteiger partial charge in [-0.15, -0.1) is 0 Å². The lowest BCUT2D eigenvalue weighted by atomic mass is 10.2. The molecule has 1 heterocycles. The van der Waals surface area contributed by atoms with E-state index in [0.717, 1.165) is 11.7 Å². The van der Waals surface area contributed by atoms with Gasteiger partial charge in [-0.3, -0.25) is 4.99 Å². The first-order chi connectivity index (χ1) is 4.70. The number of hydrogen-bond acceptors (Lipinski definition) is 3. The molecule has 1 aliphatic rings. The number of amidine groups is 1. The molecule has 56 valence electrons. The molecule has 0 fully saturated rings. The third kappa shape index (κ3) is 1.50. The Labute approximate surface area is 61.2 Å². The van der Waals surface area contributed by atoms with Crippen molar-refractivity contribution in [3.8, 4) is 0 Å². The van der Waals surface area contributed by atoms with Crippen molar-refractivity contribution in [1.82, 2.24) is 10.6 Å². The summed E-state index contributed by atoms with van der Waals surface area (Å²) in [5.74, 6) is 2.32. The van der Waals surface area contributed by atoms with Crippen molar-refractivity contribution in [1.29, 1.82) is 0 Å². The van der Waals surface area contributed by atoms with Crippen LogP contribution in [-0.2, 0) is 0 Å². The van der Waals surface area contributed by atoms with Crippen molar-refractivity contribution in [2.24, 2.45) is 10.9 Å². The van der Waals surface area contributed by atoms with Crippen LogP contribution in [0.5, 0.6) is 0 Å². The predicted octanol–water partition coefficient (Wildman–Crippen LogP) is 0.662. The van der Waals surface area contributed by atoms with Crippen LogP contribution in [0.25, 0.3) is 0 Å². The van der Waals surface area contributed by atoms with Crippen LogP contribution in [-0.4, -0.2) is 12.5 Å². The first-order valence-electron chi connectivity index (χ1n) is 3.44. The molecule has 1 rings (SSSR count). The molecule has 3 nitrogen and oxygen atoms in total. The summed E-state index contributed by atoms with van der Waals surface area (Å²) in [6, 6.07) is 0. The van der Waals surface area contributed by atoms with Gasteiger partial charge >= 0.3 is 0 Å². The van der Waals surface area contributed by atoms with Crippen LogP contribution < -0.4 is 10.6 Å². The summed E-state index contributed by atoms with van der Waals surface area (Å²) in [7, 11) is 0. The molecule has 3 heteroatoms. The Morgan fingerprint density at radius 1 is 1.60 bits per heavy atom. The molecule has 1 aliphatic heterocycles. The lowest BCUT2D eigenvalue weighted by Crippen LogP contribution is -2.39. The van der Waals surface area contributed by atoms with Gasteiger partial charge in [0.2, 0.25) is 0 Å². The first-order valence-corrected chi connectivity index (χ1v) is 3.44. The molecule has 2 N–H and O–H groups in total. The van der Waals surface area contributed by atoms with Crippen LogP contribution >= 0.6 is 0 Å². The van der Waals surface area contributed by atoms with E-state index in [1.807, 2.05) is 0 Å². The van der Waals surface area contributed by atoms with Gasteiger partial charge in [-0.2, -0.15) is 0 Å². The molecular weight excluding hydrogens is 126 g/mol. The smallest absolute Gasteiger partial charge is 0.110 e. The maximum atomic E-state index is 4.21. The second-order valence-electron chi connectivity index (χ2n) is 2.64. The average molecular weight is 139 g/mol. The van der Waals surface area contributed by atoms with Gasteiger partial charge in [-0.05, 0) is 0 Å². The van der Waals surface area contributed by atoms with Crippen LogP contribution in [0.4, 0.5) is 0 Å². The molecule has 0 aliphatic carbocycles. The monoisotopic (exact) mass is 139 g/mol. The van der Waals surface area contributed by atoms with Crippen molar-refractivity contribution in [2.45, 2.75) is 13.8 Å². The van der Waals surface area contributed by atoms with Crippen LogP contribution in [0.2, 0.25) is 0 Å². The zero-order valence-electron chi connectivity index (χ0n) is 6.44. The van der Waals surface area contributed by atoms with E-state index in [0.29, 0.717) is 12.6 Å². The van der Waals surface area contributed by atoms with Gasteiger partial charge in [0.25, 0.3) is 0 Å². The van der Waals surface area contributed by atoms with E-state index in [4.69, 9.17) is 0 Å². The minimum absolute atomic E-state index is 0.457. The summed E-state index contributed by atoms with van der Waals surface area (Å²) in [5, 5.41) is 6.03. The van der Waals surface area contributed by atoms with Crippen molar-refractivity contribution >= 4 is 5.84 Å². The Kier molecular flexibility index (Phi) is 1.94. The Morgan fingerprint density at radius 2 is 2.30 bits per heavy atom. The second-order valence-corrected chi connectivity index (χ2v) is 2.64. The van der Waals surface area contributed by atoms with Crippen LogP contribution in [0, 0.1) is 5.92 Å². The normalized spacial score (nSPS) is 17.9. The third-order valence-corrected chi connectivity index (χ3v) is 1.37. The van der Waals surface area contributed by atoms with E-state index >= 15 is 0 Å². The van der Waals surface area contributed by atoms with Gasteiger partial charge in [-0.25, -0.2) is 0 Å². The lowest BCUT2D eigenvalue weighted by Gasteiger charge is -2.20. The standard InChI is InChI=1S/C7H13N3/c1-5(2)7-9-4-8-6(3)10-7/h5,8H,3-4H2,1-2H3,(H,9,10). The fourth-order valence-electron chi connectivity index (χ4n) is 0.785. The molecular formula is C7H13N3. The van der Waals surface area contributed by atoms with Crippen LogP contribution in [0.3, 0.4) is 0 Å². The highest BCUT2D eigenvalue weighted by Crippen LogP contribution is 1.98. The van der Waals surface area contributed by atoms with Crippen molar-refractivity contribution in [2.75, 3.05) is 6.67 Å². The summed E-state index contributed by atoms with van der Waals surface area (Å²) < 4.78 is 0. The number of hydrogen-bond donors (Lipinski definition) is 2. The molecule has 0 aromatic rings. The number of rotatable bonds is 1. The van der Waals surface area contributed by atoms with E-state index < -0.39 is 0 Å². The van der Waals surface area contributed by atoms with Gasteiger partial charge in [0.1, 0.15) is 12.5 Å². The Balaban J connectivity index is 2.60. The summed E-state index contributed by atoms with van der Waals surface area (Å²) in [4.78, 5) is 4.21. The number of nitrogens with one attached hydrogen (secondary N) is 2. The average Bonchev–Trinajstić information content (AvgIpc) is 1.88. The maximum Gasteiger partial charge on any atom is 0.110 e. The first kappa shape index (κ1) is 7.12. The fraction of sp³-hybridized carbons (Fsp3) is 0.571. The van der Waals surface area contributed by atoms with Gasteiger partial charge in [0, 0.05) is 5.92 Å². The van der Waals surface area contributed by atoms with E-state index in [1.54, 1.807) is 0 Å². The van der Waals surface area contributed by atoms with Crippen molar-refractivity contribution < 1.29 is 0 Å². The zero-order chi connectivity index (χ0) is 7.56. The highest BCUT2D eigenvalue weighted by atomic mass is 15.2. The maximum absolute atomic E-state index is 4.21. The number of aliphatic imine (C=N–C) groups is 1. The van der Waals surface area contributed by atoms with Crippen LogP contribution in [0.15, 0.2) is 17.4 Å². The molecule has 0 spiro atoms. The van der Waals surface area contributed by atoms with Gasteiger partial charge < -0.3 is 10.6 Å². The molecule has 0 atom stereocenters. The Morgan fingerprint density at radius 3 is 2.70 bits per heavy atom. The van der Waals surface area contributed by atoms with Crippen molar-refractivity contribution in [3.63, 3.8) is 0 Å². The highest BCUT2D eigenvalue weighted by Gasteiger charge is 2.08. The SMILES string of the molecule is C=C1NCN=C(C(C)C)N1. The van der Waals surface area contributed by atoms with Crippen molar-refractivity contribution in [3.05, 3.63) is 12.4 Å². The lowest BCUT2D eigenvalue weighted by molar-refractivity contribution is 0.702. The van der Waals surface area contributed by atoms with E-state index in [2.05, 4.69) is 36.1 Å². The molecule has 10 heavy (non-hydrogen) atoms. The van der Waals surface area contributed by atoms with Crippen LogP contribution in [0.1, 0.15) is 13.8 Å². The van der Waals surface area contributed by atoms with E-state index in [1.165, 1.54) is 0 Å². The Bertz CT molecular complexity index is 170. The number of nitrogens with zero attached hydrogens (tertiary/aromatic N) is 1. The molecule has 0 aromatic carbocycles. The summed E-state index contributed by atoms with van der Waals surface area (Å²) >= 11 is 0. The minimum Gasteiger partial charge on any atom is -0.353 e. The van der Waals surface area contributed by atoms with Gasteiger partial charge in [-0.1, -0.05) is 20.4 Å². The summed E-state index contributed by atoms with van der Waals surface area (Å²) in [6.45, 7) is 8.60. The molecule has 0 radical (unpaired) electrons. The zero-order valence-corrected chi connectivity index (χ0v) is 6.44. The van der Waals surface area contributed by atoms with Gasteiger partial charge in [0.15, 0.2) is 0 Å². The summed E-state index contributed by atoms with van der Waals surface area (Å²) in [6.07, 6.45) is 0. The molecule has 0 saturated heterocycles. The predicted molar refractivity (Wildman–Crippen MR) is 42.6 cm³/mol. The van der Waals surface area contributed by atoms with E-state index in [-0.39, 0.29) is 0 Å². The topological polar surface area (TPSA) is 36.4 Å². The third-order valence-electron chi connectivity index (χ3n) is 1.37. The molecule has 0 amide bonds. The minimum atomic E-state index is 0.457. The van der Waals surface area contributed by atoms with Gasteiger partial charge in [0.05, 0.1) is 5.82 Å². The molecule has 0 unspecified atom stereocenters. The summed E-state index contributed by atoms with van der Waals surface area (Å²) in [5.41, 5.74) is 0. The Hall–Kier alpha value is -0.990. The van der Waals surface area contributed by atoms with E-state index in [9.17, 15) is 0 Å². The highest BCUT2D eigenvalue weighted by molar-refractivity contribution is 5.85.